The molecule has 4 rings (SSSR count). The normalized spacial score (nSPS) is 14.8. The molecule has 0 aromatic heterocycles. The van der Waals surface area contributed by atoms with Crippen LogP contribution in [0.3, 0.4) is 0 Å². The van der Waals surface area contributed by atoms with Gasteiger partial charge >= 0.3 is 6.36 Å². The van der Waals surface area contributed by atoms with E-state index in [1.807, 2.05) is 4.72 Å². The summed E-state index contributed by atoms with van der Waals surface area (Å²) in [6.45, 7) is 2.98. The summed E-state index contributed by atoms with van der Waals surface area (Å²) < 4.78 is 67.5. The van der Waals surface area contributed by atoms with Crippen molar-refractivity contribution >= 4 is 21.6 Å². The third kappa shape index (κ3) is 7.62. The second-order valence-corrected chi connectivity index (χ2v) is 10.7. The highest BCUT2D eigenvalue weighted by Crippen LogP contribution is 2.32. The topological polar surface area (TPSA) is 99.2 Å². The first-order valence-corrected chi connectivity index (χ1v) is 13.5. The van der Waals surface area contributed by atoms with Gasteiger partial charge in [0.05, 0.1) is 6.26 Å². The van der Waals surface area contributed by atoms with Gasteiger partial charge in [0.15, 0.2) is 0 Å². The number of phenols is 1. The lowest BCUT2D eigenvalue weighted by molar-refractivity contribution is -0.274. The Labute approximate surface area is 218 Å². The van der Waals surface area contributed by atoms with E-state index in [0.29, 0.717) is 49.4 Å². The number of nitrogens with zero attached hydrogens (tertiary/aromatic N) is 2. The number of carbonyl (C=O) groups excluding carboxylic acids is 1. The van der Waals surface area contributed by atoms with Crippen LogP contribution in [0.25, 0.3) is 11.1 Å². The van der Waals surface area contributed by atoms with Crippen LogP contribution in [-0.2, 0) is 16.6 Å². The molecule has 0 bridgehead atoms. The van der Waals surface area contributed by atoms with Crippen LogP contribution >= 0.6 is 0 Å². The summed E-state index contributed by atoms with van der Waals surface area (Å²) >= 11 is 0. The van der Waals surface area contributed by atoms with E-state index in [1.54, 1.807) is 42.5 Å². The van der Waals surface area contributed by atoms with Gasteiger partial charge in [0.1, 0.15) is 11.5 Å². The number of aromatic hydroxyl groups is 1. The van der Waals surface area contributed by atoms with Crippen molar-refractivity contribution in [2.45, 2.75) is 12.9 Å². The van der Waals surface area contributed by atoms with E-state index in [1.165, 1.54) is 24.3 Å². The van der Waals surface area contributed by atoms with Gasteiger partial charge in [0, 0.05) is 44.0 Å². The zero-order valence-electron chi connectivity index (χ0n) is 20.4. The molecule has 1 fully saturated rings. The Hall–Kier alpha value is -3.77. The number of rotatable bonds is 7. The lowest BCUT2D eigenvalue weighted by Crippen LogP contribution is -2.46. The number of halogens is 3. The minimum Gasteiger partial charge on any atom is -0.508 e. The number of hydrogen-bond acceptors (Lipinski definition) is 7. The first-order valence-electron chi connectivity index (χ1n) is 11.6. The van der Waals surface area contributed by atoms with Crippen LogP contribution in [0.1, 0.15) is 15.9 Å². The van der Waals surface area contributed by atoms with Crippen molar-refractivity contribution in [1.29, 1.82) is 0 Å². The second-order valence-electron chi connectivity index (χ2n) is 8.98. The van der Waals surface area contributed by atoms with Crippen LogP contribution in [0.15, 0.2) is 66.7 Å². The number of phenolic OH excluding ortho intramolecular Hbond substituents is 1. The maximum absolute atomic E-state index is 12.9. The van der Waals surface area contributed by atoms with Crippen molar-refractivity contribution in [3.63, 3.8) is 0 Å². The number of benzene rings is 3. The number of amides is 1. The predicted octanol–water partition coefficient (Wildman–Crippen LogP) is 3.97. The molecule has 1 saturated heterocycles. The van der Waals surface area contributed by atoms with Crippen LogP contribution in [0, 0.1) is 0 Å². The fourth-order valence-electron chi connectivity index (χ4n) is 4.27. The van der Waals surface area contributed by atoms with Gasteiger partial charge in [-0.3, -0.25) is 9.69 Å². The molecule has 8 nitrogen and oxygen atoms in total. The third-order valence-corrected chi connectivity index (χ3v) is 6.49. The van der Waals surface area contributed by atoms with Crippen molar-refractivity contribution in [2.24, 2.45) is 0 Å². The standard InChI is InChI=1S/C26H26F3N3O5S/c1-38(35,36)30-25(34)19-5-7-22(8-6-19)32-11-9-31(10-12-32)17-18-13-21(20-3-2-4-23(33)15-20)16-24(14-18)37-26(27,28)29/h2-8,13-16,33H,9-12,17H2,1H3,(H,30,34). The van der Waals surface area contributed by atoms with Crippen LogP contribution < -0.4 is 14.4 Å². The number of nitrogens with one attached hydrogen (secondary N) is 1. The highest BCUT2D eigenvalue weighted by Gasteiger charge is 2.31. The molecule has 1 aliphatic heterocycles. The van der Waals surface area contributed by atoms with Gasteiger partial charge < -0.3 is 14.7 Å². The maximum Gasteiger partial charge on any atom is 0.573 e. The largest absolute Gasteiger partial charge is 0.573 e. The first-order chi connectivity index (χ1) is 17.8. The Morgan fingerprint density at radius 3 is 2.26 bits per heavy atom. The quantitative estimate of drug-likeness (QED) is 0.460. The van der Waals surface area contributed by atoms with Crippen LogP contribution in [0.5, 0.6) is 11.5 Å². The van der Waals surface area contributed by atoms with Gasteiger partial charge in [-0.15, -0.1) is 13.2 Å². The Morgan fingerprint density at radius 2 is 1.66 bits per heavy atom. The van der Waals surface area contributed by atoms with E-state index in [4.69, 9.17) is 0 Å². The summed E-state index contributed by atoms with van der Waals surface area (Å²) in [6, 6.07) is 17.3. The second kappa shape index (κ2) is 10.9. The molecule has 3 aromatic carbocycles. The minimum absolute atomic E-state index is 0.00590. The number of piperazine rings is 1. The lowest BCUT2D eigenvalue weighted by Gasteiger charge is -2.36. The SMILES string of the molecule is CS(=O)(=O)NC(=O)c1ccc(N2CCN(Cc3cc(OC(F)(F)F)cc(-c4cccc(O)c4)c3)CC2)cc1. The molecule has 0 spiro atoms. The van der Waals surface area contributed by atoms with Crippen LogP contribution in [-0.4, -0.2) is 63.1 Å². The first kappa shape index (κ1) is 27.3. The molecule has 1 heterocycles. The molecule has 38 heavy (non-hydrogen) atoms. The zero-order valence-corrected chi connectivity index (χ0v) is 21.2. The van der Waals surface area contributed by atoms with Gasteiger partial charge in [-0.1, -0.05) is 12.1 Å². The lowest BCUT2D eigenvalue weighted by atomic mass is 10.0. The Kier molecular flexibility index (Phi) is 7.83. The molecular weight excluding hydrogens is 523 g/mol. The van der Waals surface area contributed by atoms with Gasteiger partial charge in [-0.25, -0.2) is 13.1 Å². The van der Waals surface area contributed by atoms with E-state index in [0.717, 1.165) is 11.9 Å². The highest BCUT2D eigenvalue weighted by atomic mass is 32.2. The monoisotopic (exact) mass is 549 g/mol. The van der Waals surface area contributed by atoms with Crippen molar-refractivity contribution in [1.82, 2.24) is 9.62 Å². The van der Waals surface area contributed by atoms with Crippen LogP contribution in [0.2, 0.25) is 0 Å². The summed E-state index contributed by atoms with van der Waals surface area (Å²) in [4.78, 5) is 16.2. The minimum atomic E-state index is -4.83. The highest BCUT2D eigenvalue weighted by molar-refractivity contribution is 7.89. The molecule has 1 amide bonds. The zero-order chi connectivity index (χ0) is 27.5. The van der Waals surface area contributed by atoms with Crippen LogP contribution in [0.4, 0.5) is 18.9 Å². The average Bonchev–Trinajstić information content (AvgIpc) is 2.82. The van der Waals surface area contributed by atoms with E-state index in [9.17, 15) is 31.5 Å². The number of ether oxygens (including phenoxy) is 1. The molecule has 1 aliphatic rings. The fourth-order valence-corrected chi connectivity index (χ4v) is 4.72. The molecule has 0 radical (unpaired) electrons. The van der Waals surface area contributed by atoms with Crippen molar-refractivity contribution in [3.05, 3.63) is 77.9 Å². The number of hydrogen-bond donors (Lipinski definition) is 2. The number of carbonyl (C=O) groups is 1. The smallest absolute Gasteiger partial charge is 0.508 e. The molecule has 2 N–H and O–H groups in total. The van der Waals surface area contributed by atoms with Crippen molar-refractivity contribution < 1.29 is 36.2 Å². The molecule has 202 valence electrons. The van der Waals surface area contributed by atoms with E-state index in [2.05, 4.69) is 14.5 Å². The Balaban J connectivity index is 1.43. The Morgan fingerprint density at radius 1 is 0.974 bits per heavy atom. The molecule has 0 unspecified atom stereocenters. The molecule has 0 saturated carbocycles. The molecular formula is C26H26F3N3O5S. The number of sulfonamides is 1. The van der Waals surface area contributed by atoms with Gasteiger partial charge in [0.2, 0.25) is 10.0 Å². The van der Waals surface area contributed by atoms with Gasteiger partial charge in [0.25, 0.3) is 5.91 Å². The summed E-state index contributed by atoms with van der Waals surface area (Å²) in [7, 11) is -3.66. The number of alkyl halides is 3. The van der Waals surface area contributed by atoms with Crippen molar-refractivity contribution in [2.75, 3.05) is 37.3 Å². The van der Waals surface area contributed by atoms with E-state index in [-0.39, 0.29) is 17.1 Å². The van der Waals surface area contributed by atoms with E-state index < -0.39 is 22.3 Å². The Bertz CT molecular complexity index is 1400. The van der Waals surface area contributed by atoms with Crippen molar-refractivity contribution in [3.8, 4) is 22.6 Å². The molecule has 0 aliphatic carbocycles. The molecule has 3 aromatic rings. The summed E-state index contributed by atoms with van der Waals surface area (Å²) in [6.07, 6.45) is -3.92. The van der Waals surface area contributed by atoms with E-state index >= 15 is 0 Å². The summed E-state index contributed by atoms with van der Waals surface area (Å²) in [5.74, 6) is -1.02. The molecule has 12 heteroatoms. The summed E-state index contributed by atoms with van der Waals surface area (Å²) in [5.41, 5.74) is 2.79. The third-order valence-electron chi connectivity index (χ3n) is 5.93. The number of anilines is 1. The molecule has 0 atom stereocenters. The van der Waals surface area contributed by atoms with Gasteiger partial charge in [-0.05, 0) is 71.3 Å². The van der Waals surface area contributed by atoms with Gasteiger partial charge in [-0.2, -0.15) is 0 Å². The fraction of sp³-hybridized carbons (Fsp3) is 0.269. The predicted molar refractivity (Wildman–Crippen MR) is 136 cm³/mol. The maximum atomic E-state index is 12.9. The average molecular weight is 550 g/mol. The summed E-state index contributed by atoms with van der Waals surface area (Å²) in [5, 5.41) is 9.80.